The van der Waals surface area contributed by atoms with Crippen LogP contribution >= 0.6 is 0 Å². The maximum absolute atomic E-state index is 11.0. The highest BCUT2D eigenvalue weighted by Gasteiger charge is 1.99. The largest absolute Gasteiger partial charge is 0.466 e. The first kappa shape index (κ1) is 13.5. The van der Waals surface area contributed by atoms with Crippen LogP contribution in [0.3, 0.4) is 0 Å². The molecule has 0 aliphatic carbocycles. The Bertz CT molecular complexity index is 141. The molecule has 0 aliphatic heterocycles. The Hall–Kier alpha value is -0.530. The van der Waals surface area contributed by atoms with Crippen LogP contribution < -0.4 is 0 Å². The van der Waals surface area contributed by atoms with Gasteiger partial charge in [-0.2, -0.15) is 0 Å². The molecule has 0 N–H and O–H groups in total. The van der Waals surface area contributed by atoms with Crippen LogP contribution in [-0.2, 0) is 9.53 Å². The molecule has 0 amide bonds. The van der Waals surface area contributed by atoms with E-state index >= 15 is 0 Å². The molecule has 84 valence electrons. The summed E-state index contributed by atoms with van der Waals surface area (Å²) in [6.07, 6.45) is 6.17. The Labute approximate surface area is 88.0 Å². The van der Waals surface area contributed by atoms with E-state index in [1.165, 1.54) is 19.3 Å². The first-order chi connectivity index (χ1) is 6.66. The molecule has 0 atom stereocenters. The second kappa shape index (κ2) is 9.04. The number of rotatable bonds is 8. The van der Waals surface area contributed by atoms with E-state index in [1.807, 2.05) is 6.92 Å². The van der Waals surface area contributed by atoms with Crippen molar-refractivity contribution in [2.24, 2.45) is 5.92 Å². The minimum atomic E-state index is -0.0450. The van der Waals surface area contributed by atoms with Gasteiger partial charge in [-0.05, 0) is 18.8 Å². The number of hydrogen-bond donors (Lipinski definition) is 0. The number of carbonyl (C=O) groups is 1. The predicted molar refractivity (Wildman–Crippen MR) is 59.2 cm³/mol. The highest BCUT2D eigenvalue weighted by atomic mass is 16.5. The molecule has 0 saturated heterocycles. The Morgan fingerprint density at radius 3 is 2.50 bits per heavy atom. The van der Waals surface area contributed by atoms with Crippen LogP contribution in [0.1, 0.15) is 59.3 Å². The standard InChI is InChI=1S/C12H24O2/c1-4-8-12(13)14-10-7-5-6-9-11(2)3/h11H,4-10H2,1-3H3. The van der Waals surface area contributed by atoms with Crippen LogP contribution in [0, 0.1) is 5.92 Å². The number of ether oxygens (including phenoxy) is 1. The lowest BCUT2D eigenvalue weighted by molar-refractivity contribution is -0.143. The maximum atomic E-state index is 11.0. The third-order valence-corrected chi connectivity index (χ3v) is 2.14. The van der Waals surface area contributed by atoms with Gasteiger partial charge in [0.1, 0.15) is 0 Å². The lowest BCUT2D eigenvalue weighted by Crippen LogP contribution is -2.04. The van der Waals surface area contributed by atoms with E-state index < -0.39 is 0 Å². The molecule has 0 saturated carbocycles. The van der Waals surface area contributed by atoms with Crippen LogP contribution in [0.4, 0.5) is 0 Å². The van der Waals surface area contributed by atoms with Crippen molar-refractivity contribution >= 4 is 5.97 Å². The summed E-state index contributed by atoms with van der Waals surface area (Å²) in [7, 11) is 0. The third kappa shape index (κ3) is 9.56. The summed E-state index contributed by atoms with van der Waals surface area (Å²) in [5.74, 6) is 0.744. The van der Waals surface area contributed by atoms with Crippen LogP contribution in [0.15, 0.2) is 0 Å². The Kier molecular flexibility index (Phi) is 8.70. The van der Waals surface area contributed by atoms with Crippen LogP contribution in [-0.4, -0.2) is 12.6 Å². The molecule has 2 nitrogen and oxygen atoms in total. The molecule has 0 aromatic rings. The summed E-state index contributed by atoms with van der Waals surface area (Å²) in [6, 6.07) is 0. The Morgan fingerprint density at radius 1 is 1.21 bits per heavy atom. The molecule has 0 spiro atoms. The van der Waals surface area contributed by atoms with Crippen molar-refractivity contribution in [3.05, 3.63) is 0 Å². The second-order valence-electron chi connectivity index (χ2n) is 4.21. The van der Waals surface area contributed by atoms with Gasteiger partial charge in [0.2, 0.25) is 0 Å². The van der Waals surface area contributed by atoms with Gasteiger partial charge in [-0.15, -0.1) is 0 Å². The van der Waals surface area contributed by atoms with Crippen molar-refractivity contribution in [3.63, 3.8) is 0 Å². The highest BCUT2D eigenvalue weighted by Crippen LogP contribution is 2.08. The van der Waals surface area contributed by atoms with E-state index in [4.69, 9.17) is 4.74 Å². The van der Waals surface area contributed by atoms with Gasteiger partial charge >= 0.3 is 5.97 Å². The van der Waals surface area contributed by atoms with Gasteiger partial charge in [-0.3, -0.25) is 4.79 Å². The number of hydrogen-bond acceptors (Lipinski definition) is 2. The molecular weight excluding hydrogens is 176 g/mol. The zero-order valence-electron chi connectivity index (χ0n) is 9.84. The van der Waals surface area contributed by atoms with Crippen molar-refractivity contribution in [2.75, 3.05) is 6.61 Å². The summed E-state index contributed by atoms with van der Waals surface area (Å²) in [4.78, 5) is 11.0. The Morgan fingerprint density at radius 2 is 1.93 bits per heavy atom. The predicted octanol–water partition coefficient (Wildman–Crippen LogP) is 3.55. The van der Waals surface area contributed by atoms with Gasteiger partial charge in [-0.1, -0.05) is 40.0 Å². The average molecular weight is 200 g/mol. The lowest BCUT2D eigenvalue weighted by Gasteiger charge is -2.05. The zero-order chi connectivity index (χ0) is 10.8. The van der Waals surface area contributed by atoms with Crippen molar-refractivity contribution in [2.45, 2.75) is 59.3 Å². The molecule has 0 heterocycles. The van der Waals surface area contributed by atoms with Gasteiger partial charge in [-0.25, -0.2) is 0 Å². The lowest BCUT2D eigenvalue weighted by atomic mass is 10.1. The zero-order valence-corrected chi connectivity index (χ0v) is 9.84. The molecular formula is C12H24O2. The molecule has 14 heavy (non-hydrogen) atoms. The number of esters is 1. The van der Waals surface area contributed by atoms with Crippen LogP contribution in [0.5, 0.6) is 0 Å². The number of carbonyl (C=O) groups excluding carboxylic acids is 1. The smallest absolute Gasteiger partial charge is 0.305 e. The maximum Gasteiger partial charge on any atom is 0.305 e. The van der Waals surface area contributed by atoms with E-state index in [0.29, 0.717) is 13.0 Å². The topological polar surface area (TPSA) is 26.3 Å². The summed E-state index contributed by atoms with van der Waals surface area (Å²) in [6.45, 7) is 7.07. The quantitative estimate of drug-likeness (QED) is 0.442. The van der Waals surface area contributed by atoms with Gasteiger partial charge in [0.15, 0.2) is 0 Å². The normalized spacial score (nSPS) is 10.6. The van der Waals surface area contributed by atoms with Gasteiger partial charge in [0, 0.05) is 6.42 Å². The molecule has 0 aromatic carbocycles. The fourth-order valence-electron chi connectivity index (χ4n) is 1.29. The third-order valence-electron chi connectivity index (χ3n) is 2.14. The van der Waals surface area contributed by atoms with Crippen LogP contribution in [0.2, 0.25) is 0 Å². The first-order valence-electron chi connectivity index (χ1n) is 5.82. The summed E-state index contributed by atoms with van der Waals surface area (Å²) < 4.78 is 5.05. The second-order valence-corrected chi connectivity index (χ2v) is 4.21. The van der Waals surface area contributed by atoms with Crippen molar-refractivity contribution in [1.29, 1.82) is 0 Å². The molecule has 0 bridgehead atoms. The van der Waals surface area contributed by atoms with E-state index in [0.717, 1.165) is 18.8 Å². The SMILES string of the molecule is CCCC(=O)OCCCCCC(C)C. The van der Waals surface area contributed by atoms with Crippen molar-refractivity contribution in [3.8, 4) is 0 Å². The first-order valence-corrected chi connectivity index (χ1v) is 5.82. The molecule has 0 aromatic heterocycles. The van der Waals surface area contributed by atoms with E-state index in [9.17, 15) is 4.79 Å². The van der Waals surface area contributed by atoms with Gasteiger partial charge in [0.25, 0.3) is 0 Å². The molecule has 0 rings (SSSR count). The van der Waals surface area contributed by atoms with Gasteiger partial charge < -0.3 is 4.74 Å². The molecule has 0 radical (unpaired) electrons. The molecule has 0 fully saturated rings. The minimum Gasteiger partial charge on any atom is -0.466 e. The fourth-order valence-corrected chi connectivity index (χ4v) is 1.29. The molecule has 0 unspecified atom stereocenters. The van der Waals surface area contributed by atoms with E-state index in [-0.39, 0.29) is 5.97 Å². The highest BCUT2D eigenvalue weighted by molar-refractivity contribution is 5.69. The average Bonchev–Trinajstić information content (AvgIpc) is 2.11. The Balaban J connectivity index is 3.09. The summed E-state index contributed by atoms with van der Waals surface area (Å²) >= 11 is 0. The summed E-state index contributed by atoms with van der Waals surface area (Å²) in [5.41, 5.74) is 0. The van der Waals surface area contributed by atoms with E-state index in [2.05, 4.69) is 13.8 Å². The summed E-state index contributed by atoms with van der Waals surface area (Å²) in [5, 5.41) is 0. The van der Waals surface area contributed by atoms with Crippen molar-refractivity contribution < 1.29 is 9.53 Å². The monoisotopic (exact) mass is 200 g/mol. The molecule has 0 aliphatic rings. The number of unbranched alkanes of at least 4 members (excludes halogenated alkanes) is 2. The van der Waals surface area contributed by atoms with Crippen LogP contribution in [0.25, 0.3) is 0 Å². The fraction of sp³-hybridized carbons (Fsp3) is 0.917. The molecule has 2 heteroatoms. The van der Waals surface area contributed by atoms with Gasteiger partial charge in [0.05, 0.1) is 6.61 Å². The van der Waals surface area contributed by atoms with E-state index in [1.54, 1.807) is 0 Å². The minimum absolute atomic E-state index is 0.0450. The van der Waals surface area contributed by atoms with Crippen molar-refractivity contribution in [1.82, 2.24) is 0 Å².